The lowest BCUT2D eigenvalue weighted by molar-refractivity contribution is -0.137. The van der Waals surface area contributed by atoms with Crippen LogP contribution in [0.15, 0.2) is 24.5 Å². The molecule has 0 aliphatic carbocycles. The van der Waals surface area contributed by atoms with E-state index in [2.05, 4.69) is 14.8 Å². The first-order valence-corrected chi connectivity index (χ1v) is 5.53. The Labute approximate surface area is 116 Å². The molecule has 21 heavy (non-hydrogen) atoms. The number of carbonyl (C=O) groups is 2. The Morgan fingerprint density at radius 2 is 2.10 bits per heavy atom. The van der Waals surface area contributed by atoms with Gasteiger partial charge in [-0.3, -0.25) is 4.79 Å². The smallest absolute Gasteiger partial charge is 0.417 e. The molecule has 1 aromatic heterocycles. The van der Waals surface area contributed by atoms with Crippen LogP contribution in [0.1, 0.15) is 26.5 Å². The van der Waals surface area contributed by atoms with Gasteiger partial charge < -0.3 is 4.74 Å². The number of rotatable bonds is 3. The van der Waals surface area contributed by atoms with Crippen molar-refractivity contribution in [2.45, 2.75) is 6.18 Å². The van der Waals surface area contributed by atoms with E-state index in [0.29, 0.717) is 0 Å². The van der Waals surface area contributed by atoms with Gasteiger partial charge in [-0.1, -0.05) is 0 Å². The van der Waals surface area contributed by atoms with E-state index in [1.54, 1.807) is 0 Å². The monoisotopic (exact) mass is 299 g/mol. The molecule has 0 unspecified atom stereocenters. The van der Waals surface area contributed by atoms with E-state index in [1.165, 1.54) is 6.07 Å². The van der Waals surface area contributed by atoms with Crippen LogP contribution in [0, 0.1) is 0 Å². The number of esters is 1. The van der Waals surface area contributed by atoms with Gasteiger partial charge in [0, 0.05) is 5.56 Å². The number of aromatic nitrogens is 3. The summed E-state index contributed by atoms with van der Waals surface area (Å²) in [6.07, 6.45) is -3.49. The molecule has 0 aliphatic heterocycles. The van der Waals surface area contributed by atoms with Crippen LogP contribution < -0.4 is 0 Å². The molecular formula is C12H8F3N3O3. The van der Waals surface area contributed by atoms with Gasteiger partial charge in [-0.05, 0) is 18.2 Å². The van der Waals surface area contributed by atoms with Crippen LogP contribution in [0.3, 0.4) is 0 Å². The molecule has 0 amide bonds. The topological polar surface area (TPSA) is 74.1 Å². The predicted molar refractivity (Wildman–Crippen MR) is 63.1 cm³/mol. The minimum Gasteiger partial charge on any atom is -0.463 e. The molecule has 0 N–H and O–H groups in total. The van der Waals surface area contributed by atoms with Gasteiger partial charge in [0.1, 0.15) is 6.33 Å². The molecule has 0 radical (unpaired) electrons. The largest absolute Gasteiger partial charge is 0.463 e. The number of hydrogen-bond donors (Lipinski definition) is 0. The van der Waals surface area contributed by atoms with Crippen molar-refractivity contribution in [1.29, 1.82) is 0 Å². The Hall–Kier alpha value is -2.71. The summed E-state index contributed by atoms with van der Waals surface area (Å²) in [7, 11) is 1.13. The number of benzene rings is 1. The Balaban J connectivity index is 2.48. The van der Waals surface area contributed by atoms with Crippen LogP contribution in [-0.2, 0) is 10.9 Å². The molecule has 0 saturated carbocycles. The van der Waals surface area contributed by atoms with E-state index in [9.17, 15) is 22.8 Å². The third-order valence-electron chi connectivity index (χ3n) is 2.59. The Bertz CT molecular complexity index is 695. The zero-order chi connectivity index (χ0) is 15.6. The SMILES string of the molecule is COC(=O)c1ncn(-c2ccc(C=O)c(C(F)(F)F)c2)n1. The number of hydrogen-bond acceptors (Lipinski definition) is 5. The summed E-state index contributed by atoms with van der Waals surface area (Å²) in [5.41, 5.74) is -1.57. The minimum atomic E-state index is -4.68. The molecule has 1 aromatic carbocycles. The summed E-state index contributed by atoms with van der Waals surface area (Å²) in [4.78, 5) is 25.5. The Morgan fingerprint density at radius 3 is 2.67 bits per heavy atom. The van der Waals surface area contributed by atoms with Crippen LogP contribution in [0.5, 0.6) is 0 Å². The highest BCUT2D eigenvalue weighted by Crippen LogP contribution is 2.32. The van der Waals surface area contributed by atoms with Crippen molar-refractivity contribution in [2.75, 3.05) is 7.11 Å². The molecule has 110 valence electrons. The molecule has 0 saturated heterocycles. The third kappa shape index (κ3) is 2.91. The van der Waals surface area contributed by atoms with Gasteiger partial charge in [0.15, 0.2) is 6.29 Å². The van der Waals surface area contributed by atoms with Crippen molar-refractivity contribution in [1.82, 2.24) is 14.8 Å². The predicted octanol–water partition coefficient (Wildman–Crippen LogP) is 1.89. The van der Waals surface area contributed by atoms with Gasteiger partial charge in [0.05, 0.1) is 18.4 Å². The van der Waals surface area contributed by atoms with Crippen molar-refractivity contribution in [2.24, 2.45) is 0 Å². The van der Waals surface area contributed by atoms with E-state index in [0.717, 1.165) is 30.3 Å². The second-order valence-electron chi connectivity index (χ2n) is 3.89. The summed E-state index contributed by atoms with van der Waals surface area (Å²) in [5.74, 6) is -1.10. The van der Waals surface area contributed by atoms with Crippen molar-refractivity contribution >= 4 is 12.3 Å². The van der Waals surface area contributed by atoms with Crippen LogP contribution >= 0.6 is 0 Å². The second kappa shape index (κ2) is 5.35. The highest BCUT2D eigenvalue weighted by Gasteiger charge is 2.33. The number of methoxy groups -OCH3 is 1. The number of nitrogens with zero attached hydrogens (tertiary/aromatic N) is 3. The first-order chi connectivity index (χ1) is 9.86. The number of carbonyl (C=O) groups excluding carboxylic acids is 2. The summed E-state index contributed by atoms with van der Waals surface area (Å²) < 4.78 is 43.9. The standard InChI is InChI=1S/C12H8F3N3O3/c1-21-11(20)10-16-6-18(17-10)8-3-2-7(5-19)9(4-8)12(13,14)15/h2-6H,1H3. The van der Waals surface area contributed by atoms with E-state index < -0.39 is 23.3 Å². The molecule has 2 aromatic rings. The van der Waals surface area contributed by atoms with Crippen molar-refractivity contribution in [3.8, 4) is 5.69 Å². The van der Waals surface area contributed by atoms with Crippen LogP contribution in [0.25, 0.3) is 5.69 Å². The minimum absolute atomic E-state index is 0.00979. The van der Waals surface area contributed by atoms with Crippen molar-refractivity contribution < 1.29 is 27.5 Å². The lowest BCUT2D eigenvalue weighted by Crippen LogP contribution is -2.10. The zero-order valence-electron chi connectivity index (χ0n) is 10.6. The lowest BCUT2D eigenvalue weighted by Gasteiger charge is -2.11. The molecule has 0 spiro atoms. The average Bonchev–Trinajstić information content (AvgIpc) is 2.94. The first-order valence-electron chi connectivity index (χ1n) is 5.53. The maximum Gasteiger partial charge on any atom is 0.417 e. The molecule has 0 fully saturated rings. The van der Waals surface area contributed by atoms with Gasteiger partial charge in [-0.2, -0.15) is 13.2 Å². The molecule has 6 nitrogen and oxygen atoms in total. The van der Waals surface area contributed by atoms with Gasteiger partial charge in [0.2, 0.25) is 0 Å². The van der Waals surface area contributed by atoms with Gasteiger partial charge in [0.25, 0.3) is 5.82 Å². The van der Waals surface area contributed by atoms with E-state index in [-0.39, 0.29) is 17.8 Å². The fourth-order valence-corrected chi connectivity index (χ4v) is 1.61. The van der Waals surface area contributed by atoms with Gasteiger partial charge in [-0.25, -0.2) is 14.5 Å². The second-order valence-corrected chi connectivity index (χ2v) is 3.89. The number of halogens is 3. The first kappa shape index (κ1) is 14.7. The third-order valence-corrected chi connectivity index (χ3v) is 2.59. The summed E-state index contributed by atoms with van der Waals surface area (Å²) in [6, 6.07) is 3.03. The maximum absolute atomic E-state index is 12.8. The fourth-order valence-electron chi connectivity index (χ4n) is 1.61. The van der Waals surface area contributed by atoms with Gasteiger partial charge in [-0.15, -0.1) is 5.10 Å². The number of alkyl halides is 3. The van der Waals surface area contributed by atoms with Crippen LogP contribution in [0.4, 0.5) is 13.2 Å². The fraction of sp³-hybridized carbons (Fsp3) is 0.167. The molecule has 0 bridgehead atoms. The Morgan fingerprint density at radius 1 is 1.38 bits per heavy atom. The average molecular weight is 299 g/mol. The number of aldehydes is 1. The number of ether oxygens (including phenoxy) is 1. The maximum atomic E-state index is 12.8. The summed E-state index contributed by atoms with van der Waals surface area (Å²) >= 11 is 0. The quantitative estimate of drug-likeness (QED) is 0.639. The lowest BCUT2D eigenvalue weighted by atomic mass is 10.1. The molecule has 0 aliphatic rings. The molecule has 9 heteroatoms. The Kier molecular flexibility index (Phi) is 3.74. The van der Waals surface area contributed by atoms with E-state index >= 15 is 0 Å². The molecule has 2 rings (SSSR count). The van der Waals surface area contributed by atoms with Crippen LogP contribution in [-0.4, -0.2) is 34.1 Å². The molecule has 1 heterocycles. The van der Waals surface area contributed by atoms with Crippen molar-refractivity contribution in [3.05, 3.63) is 41.5 Å². The van der Waals surface area contributed by atoms with E-state index in [1.807, 2.05) is 0 Å². The molecule has 0 atom stereocenters. The normalized spacial score (nSPS) is 11.2. The molecular weight excluding hydrogens is 291 g/mol. The highest BCUT2D eigenvalue weighted by molar-refractivity contribution is 5.84. The summed E-state index contributed by atoms with van der Waals surface area (Å²) in [6.45, 7) is 0. The van der Waals surface area contributed by atoms with E-state index in [4.69, 9.17) is 0 Å². The highest BCUT2D eigenvalue weighted by atomic mass is 19.4. The van der Waals surface area contributed by atoms with Gasteiger partial charge >= 0.3 is 12.1 Å². The zero-order valence-corrected chi connectivity index (χ0v) is 10.6. The summed E-state index contributed by atoms with van der Waals surface area (Å²) in [5, 5.41) is 3.71. The van der Waals surface area contributed by atoms with Crippen LogP contribution in [0.2, 0.25) is 0 Å². The van der Waals surface area contributed by atoms with Crippen molar-refractivity contribution in [3.63, 3.8) is 0 Å².